The van der Waals surface area contributed by atoms with Gasteiger partial charge in [-0.15, -0.1) is 6.42 Å². The van der Waals surface area contributed by atoms with E-state index >= 15 is 0 Å². The largest absolute Gasteiger partial charge is 0.485 e. The number of hydrogen-bond donors (Lipinski definition) is 0. The molecular weight excluding hydrogens is 382 g/mol. The molecule has 0 spiro atoms. The Morgan fingerprint density at radius 2 is 2.14 bits per heavy atom. The van der Waals surface area contributed by atoms with Crippen molar-refractivity contribution in [2.45, 2.75) is 12.6 Å². The molecule has 0 bridgehead atoms. The van der Waals surface area contributed by atoms with E-state index in [9.17, 15) is 14.9 Å². The van der Waals surface area contributed by atoms with Crippen LogP contribution in [0.5, 0.6) is 11.5 Å². The number of non-ortho nitro benzene ring substituents is 1. The van der Waals surface area contributed by atoms with Crippen LogP contribution < -0.4 is 14.3 Å². The number of terminal acetylenes is 1. The number of nitrogens with zero attached hydrogens (tertiary/aromatic N) is 3. The Bertz CT molecular complexity index is 1200. The molecule has 0 radical (unpaired) electrons. The summed E-state index contributed by atoms with van der Waals surface area (Å²) in [6.45, 7) is 0.222. The van der Waals surface area contributed by atoms with Gasteiger partial charge in [0.05, 0.1) is 21.7 Å². The third-order valence-corrected chi connectivity index (χ3v) is 5.16. The quantitative estimate of drug-likeness (QED) is 0.386. The average molecular weight is 395 g/mol. The number of para-hydroxylation sites is 2. The molecular formula is C19H13N3O5S. The molecule has 9 heteroatoms. The van der Waals surface area contributed by atoms with Crippen molar-refractivity contribution in [3.05, 3.63) is 57.4 Å². The molecule has 2 aromatic carbocycles. The van der Waals surface area contributed by atoms with E-state index in [1.165, 1.54) is 12.1 Å². The van der Waals surface area contributed by atoms with Gasteiger partial charge in [0.25, 0.3) is 11.6 Å². The molecule has 1 atom stereocenters. The van der Waals surface area contributed by atoms with Crippen molar-refractivity contribution < 1.29 is 19.2 Å². The zero-order valence-corrected chi connectivity index (χ0v) is 15.2. The van der Waals surface area contributed by atoms with Gasteiger partial charge in [-0.05, 0) is 18.2 Å². The normalized spacial score (nSPS) is 16.0. The number of amides is 1. The van der Waals surface area contributed by atoms with E-state index in [1.807, 2.05) is 6.07 Å². The summed E-state index contributed by atoms with van der Waals surface area (Å²) in [6.07, 6.45) is 4.56. The molecule has 0 saturated heterocycles. The van der Waals surface area contributed by atoms with E-state index in [-0.39, 0.29) is 18.8 Å². The Hall–Kier alpha value is -3.64. The summed E-state index contributed by atoms with van der Waals surface area (Å²) in [7, 11) is 0. The summed E-state index contributed by atoms with van der Waals surface area (Å²) in [5, 5.41) is 11.0. The lowest BCUT2D eigenvalue weighted by atomic mass is 10.2. The molecule has 1 aromatic heterocycles. The Kier molecular flexibility index (Phi) is 4.55. The summed E-state index contributed by atoms with van der Waals surface area (Å²) < 4.78 is 13.5. The van der Waals surface area contributed by atoms with Gasteiger partial charge in [-0.25, -0.2) is 0 Å². The molecule has 3 aromatic rings. The maximum absolute atomic E-state index is 12.6. The summed E-state index contributed by atoms with van der Waals surface area (Å²) >= 11 is 1.15. The first-order valence-corrected chi connectivity index (χ1v) is 9.07. The molecule has 1 amide bonds. The molecule has 8 nitrogen and oxygen atoms in total. The average Bonchev–Trinajstić information content (AvgIpc) is 3.04. The van der Waals surface area contributed by atoms with Crippen LogP contribution in [0.1, 0.15) is 0 Å². The number of benzene rings is 2. The van der Waals surface area contributed by atoms with E-state index in [0.717, 1.165) is 11.3 Å². The van der Waals surface area contributed by atoms with Crippen molar-refractivity contribution in [2.75, 3.05) is 6.61 Å². The van der Waals surface area contributed by atoms with E-state index in [4.69, 9.17) is 15.9 Å². The molecule has 0 saturated carbocycles. The van der Waals surface area contributed by atoms with Crippen LogP contribution in [0.3, 0.4) is 0 Å². The molecule has 4 rings (SSSR count). The topological polar surface area (TPSA) is 96.0 Å². The maximum Gasteiger partial charge on any atom is 0.292 e. The molecule has 28 heavy (non-hydrogen) atoms. The number of hydrogen-bond acceptors (Lipinski definition) is 6. The SMILES string of the molecule is C#CCn1c(=NC(=O)C2COc3ccccc3O2)sc2cc([N+](=O)[O-])ccc21. The summed E-state index contributed by atoms with van der Waals surface area (Å²) in [4.78, 5) is 27.7. The molecule has 2 heterocycles. The number of carbonyl (C=O) groups is 1. The van der Waals surface area contributed by atoms with Crippen LogP contribution in [0.25, 0.3) is 10.2 Å². The number of rotatable bonds is 3. The van der Waals surface area contributed by atoms with E-state index in [0.29, 0.717) is 26.5 Å². The first-order chi connectivity index (χ1) is 13.6. The first kappa shape index (κ1) is 17.8. The third kappa shape index (κ3) is 3.21. The van der Waals surface area contributed by atoms with Crippen LogP contribution in [-0.4, -0.2) is 28.1 Å². The van der Waals surface area contributed by atoms with Crippen LogP contribution in [0.4, 0.5) is 5.69 Å². The van der Waals surface area contributed by atoms with Gasteiger partial charge in [0, 0.05) is 12.1 Å². The lowest BCUT2D eigenvalue weighted by Gasteiger charge is -2.23. The minimum Gasteiger partial charge on any atom is -0.485 e. The van der Waals surface area contributed by atoms with Gasteiger partial charge in [-0.1, -0.05) is 29.4 Å². The second kappa shape index (κ2) is 7.17. The first-order valence-electron chi connectivity index (χ1n) is 8.25. The number of carbonyl (C=O) groups excluding carboxylic acids is 1. The molecule has 1 aliphatic heterocycles. The monoisotopic (exact) mass is 395 g/mol. The van der Waals surface area contributed by atoms with Crippen molar-refractivity contribution in [3.8, 4) is 23.8 Å². The smallest absolute Gasteiger partial charge is 0.292 e. The highest BCUT2D eigenvalue weighted by molar-refractivity contribution is 7.16. The van der Waals surface area contributed by atoms with Gasteiger partial charge < -0.3 is 14.0 Å². The van der Waals surface area contributed by atoms with Crippen LogP contribution >= 0.6 is 11.3 Å². The van der Waals surface area contributed by atoms with Crippen molar-refractivity contribution in [3.63, 3.8) is 0 Å². The predicted octanol–water partition coefficient (Wildman–Crippen LogP) is 2.51. The lowest BCUT2D eigenvalue weighted by Crippen LogP contribution is -2.36. The lowest BCUT2D eigenvalue weighted by molar-refractivity contribution is -0.384. The second-order valence-electron chi connectivity index (χ2n) is 5.90. The molecule has 0 aliphatic carbocycles. The number of fused-ring (bicyclic) bond motifs is 2. The number of aromatic nitrogens is 1. The zero-order valence-electron chi connectivity index (χ0n) is 14.4. The maximum atomic E-state index is 12.6. The Morgan fingerprint density at radius 3 is 2.89 bits per heavy atom. The highest BCUT2D eigenvalue weighted by Gasteiger charge is 2.27. The number of ether oxygens (including phenoxy) is 2. The molecule has 1 unspecified atom stereocenters. The van der Waals surface area contributed by atoms with E-state index < -0.39 is 16.9 Å². The zero-order chi connectivity index (χ0) is 19.7. The molecule has 0 N–H and O–H groups in total. The molecule has 0 fully saturated rings. The number of thiazole rings is 1. The Balaban J connectivity index is 1.72. The van der Waals surface area contributed by atoms with E-state index in [1.54, 1.807) is 28.8 Å². The van der Waals surface area contributed by atoms with Gasteiger partial charge in [-0.2, -0.15) is 4.99 Å². The van der Waals surface area contributed by atoms with Crippen molar-refractivity contribution in [1.29, 1.82) is 0 Å². The third-order valence-electron chi connectivity index (χ3n) is 4.12. The standard InChI is InChI=1S/C19H13N3O5S/c1-2-9-21-13-8-7-12(22(24)25)10-17(13)28-19(21)20-18(23)16-11-26-14-5-3-4-6-15(14)27-16/h1,3-8,10,16H,9,11H2. The predicted molar refractivity (Wildman–Crippen MR) is 102 cm³/mol. The summed E-state index contributed by atoms with van der Waals surface area (Å²) in [6, 6.07) is 11.5. The minimum atomic E-state index is -0.881. The minimum absolute atomic E-state index is 0.0416. The van der Waals surface area contributed by atoms with Crippen LogP contribution in [-0.2, 0) is 11.3 Å². The van der Waals surface area contributed by atoms with E-state index in [2.05, 4.69) is 10.9 Å². The van der Waals surface area contributed by atoms with Crippen LogP contribution in [0.15, 0.2) is 47.5 Å². The van der Waals surface area contributed by atoms with Crippen LogP contribution in [0.2, 0.25) is 0 Å². The van der Waals surface area contributed by atoms with Gasteiger partial charge in [-0.3, -0.25) is 14.9 Å². The second-order valence-corrected chi connectivity index (χ2v) is 6.91. The van der Waals surface area contributed by atoms with Crippen molar-refractivity contribution in [1.82, 2.24) is 4.57 Å². The fraction of sp³-hybridized carbons (Fsp3) is 0.158. The highest BCUT2D eigenvalue weighted by atomic mass is 32.1. The fourth-order valence-corrected chi connectivity index (χ4v) is 3.88. The van der Waals surface area contributed by atoms with Gasteiger partial charge in [0.15, 0.2) is 16.3 Å². The summed E-state index contributed by atoms with van der Waals surface area (Å²) in [5.74, 6) is 3.05. The summed E-state index contributed by atoms with van der Waals surface area (Å²) in [5.41, 5.74) is 0.631. The Morgan fingerprint density at radius 1 is 1.36 bits per heavy atom. The Labute approximate surface area is 162 Å². The highest BCUT2D eigenvalue weighted by Crippen LogP contribution is 2.31. The van der Waals surface area contributed by atoms with Gasteiger partial charge in [0.1, 0.15) is 6.61 Å². The van der Waals surface area contributed by atoms with Crippen LogP contribution in [0, 0.1) is 22.5 Å². The van der Waals surface area contributed by atoms with Gasteiger partial charge >= 0.3 is 0 Å². The van der Waals surface area contributed by atoms with Crippen molar-refractivity contribution in [2.24, 2.45) is 4.99 Å². The number of nitro groups is 1. The van der Waals surface area contributed by atoms with Crippen molar-refractivity contribution >= 4 is 33.1 Å². The molecule has 140 valence electrons. The number of nitro benzene ring substituents is 1. The molecule has 1 aliphatic rings. The van der Waals surface area contributed by atoms with Gasteiger partial charge in [0.2, 0.25) is 6.10 Å². The fourth-order valence-electron chi connectivity index (χ4n) is 2.81.